The minimum atomic E-state index is -0.960. The van der Waals surface area contributed by atoms with Crippen molar-refractivity contribution in [3.8, 4) is 0 Å². The average Bonchev–Trinajstić information content (AvgIpc) is 2.64. The Balaban J connectivity index is 1.84. The van der Waals surface area contributed by atoms with Crippen molar-refractivity contribution in [2.24, 2.45) is 0 Å². The van der Waals surface area contributed by atoms with Gasteiger partial charge >= 0.3 is 5.69 Å². The highest BCUT2D eigenvalue weighted by Gasteiger charge is 2.21. The fourth-order valence-corrected chi connectivity index (χ4v) is 2.53. The number of nitrogens with one attached hydrogen (secondary N) is 1. The number of morpholine rings is 1. The van der Waals surface area contributed by atoms with Gasteiger partial charge in [-0.05, 0) is 24.3 Å². The molecule has 1 aliphatic heterocycles. The first-order valence-electron chi connectivity index (χ1n) is 7.59. The number of aromatic nitrogens is 1. The molecular formula is C16H15FN4O4. The summed E-state index contributed by atoms with van der Waals surface area (Å²) in [5, 5.41) is 13.4. The smallest absolute Gasteiger partial charge is 0.306 e. The van der Waals surface area contributed by atoms with Gasteiger partial charge in [0.25, 0.3) is 5.91 Å². The minimum Gasteiger partial charge on any atom is -0.378 e. The number of ether oxygens (including phenoxy) is 1. The number of nitro benzene ring substituents is 1. The molecule has 0 spiro atoms. The number of hydrogen-bond donors (Lipinski definition) is 1. The van der Waals surface area contributed by atoms with E-state index >= 15 is 0 Å². The van der Waals surface area contributed by atoms with Gasteiger partial charge in [0.2, 0.25) is 5.82 Å². The Bertz CT molecular complexity index is 808. The van der Waals surface area contributed by atoms with Gasteiger partial charge in [0, 0.05) is 31.0 Å². The van der Waals surface area contributed by atoms with E-state index in [4.69, 9.17) is 4.74 Å². The van der Waals surface area contributed by atoms with Gasteiger partial charge in [0.1, 0.15) is 5.82 Å². The van der Waals surface area contributed by atoms with E-state index < -0.39 is 22.3 Å². The Morgan fingerprint density at radius 1 is 1.32 bits per heavy atom. The summed E-state index contributed by atoms with van der Waals surface area (Å²) in [7, 11) is 0. The van der Waals surface area contributed by atoms with Crippen LogP contribution in [0.25, 0.3) is 0 Å². The highest BCUT2D eigenvalue weighted by atomic mass is 19.1. The minimum absolute atomic E-state index is 0.134. The second kappa shape index (κ2) is 7.22. The first kappa shape index (κ1) is 16.8. The van der Waals surface area contributed by atoms with E-state index in [2.05, 4.69) is 10.3 Å². The lowest BCUT2D eigenvalue weighted by Gasteiger charge is -2.29. The van der Waals surface area contributed by atoms with Gasteiger partial charge in [-0.15, -0.1) is 0 Å². The molecule has 0 saturated carbocycles. The van der Waals surface area contributed by atoms with Crippen molar-refractivity contribution >= 4 is 23.1 Å². The predicted octanol–water partition coefficient (Wildman–Crippen LogP) is 2.22. The van der Waals surface area contributed by atoms with Crippen LogP contribution < -0.4 is 10.2 Å². The van der Waals surface area contributed by atoms with Crippen molar-refractivity contribution in [2.75, 3.05) is 36.5 Å². The van der Waals surface area contributed by atoms with Crippen molar-refractivity contribution in [1.82, 2.24) is 4.98 Å². The predicted molar refractivity (Wildman–Crippen MR) is 88.3 cm³/mol. The number of carbonyl (C=O) groups excluding carboxylic acids is 1. The molecule has 2 aromatic rings. The van der Waals surface area contributed by atoms with Crippen LogP contribution in [0.2, 0.25) is 0 Å². The number of hydrogen-bond acceptors (Lipinski definition) is 6. The van der Waals surface area contributed by atoms with Crippen molar-refractivity contribution in [3.05, 3.63) is 58.0 Å². The molecule has 0 bridgehead atoms. The summed E-state index contributed by atoms with van der Waals surface area (Å²) in [6, 6.07) is 6.44. The van der Waals surface area contributed by atoms with E-state index in [9.17, 15) is 19.3 Å². The maximum Gasteiger partial charge on any atom is 0.306 e. The van der Waals surface area contributed by atoms with Gasteiger partial charge < -0.3 is 15.0 Å². The molecule has 1 aliphatic rings. The second-order valence-electron chi connectivity index (χ2n) is 5.35. The summed E-state index contributed by atoms with van der Waals surface area (Å²) in [6.45, 7) is 2.31. The number of rotatable bonds is 4. The quantitative estimate of drug-likeness (QED) is 0.673. The lowest BCUT2D eigenvalue weighted by atomic mass is 10.2. The molecule has 3 rings (SSSR count). The average molecular weight is 346 g/mol. The fraction of sp³-hybridized carbons (Fsp3) is 0.250. The largest absolute Gasteiger partial charge is 0.378 e. The van der Waals surface area contributed by atoms with E-state index in [0.717, 1.165) is 12.1 Å². The van der Waals surface area contributed by atoms with Gasteiger partial charge in [-0.25, -0.2) is 4.98 Å². The third kappa shape index (κ3) is 3.72. The molecule has 9 heteroatoms. The molecule has 8 nitrogen and oxygen atoms in total. The van der Waals surface area contributed by atoms with Crippen LogP contribution in [0.5, 0.6) is 0 Å². The molecule has 1 amide bonds. The highest BCUT2D eigenvalue weighted by Crippen LogP contribution is 2.24. The van der Waals surface area contributed by atoms with Crippen molar-refractivity contribution in [3.63, 3.8) is 0 Å². The van der Waals surface area contributed by atoms with Crippen LogP contribution in [0.3, 0.4) is 0 Å². The topological polar surface area (TPSA) is 97.6 Å². The molecule has 0 unspecified atom stereocenters. The maximum atomic E-state index is 13.4. The molecule has 1 aromatic carbocycles. The van der Waals surface area contributed by atoms with Crippen LogP contribution in [0.1, 0.15) is 10.4 Å². The van der Waals surface area contributed by atoms with Crippen LogP contribution in [-0.4, -0.2) is 42.1 Å². The monoisotopic (exact) mass is 346 g/mol. The lowest BCUT2D eigenvalue weighted by molar-refractivity contribution is -0.387. The Morgan fingerprint density at radius 3 is 2.80 bits per heavy atom. The maximum absolute atomic E-state index is 13.4. The molecule has 2 heterocycles. The zero-order valence-corrected chi connectivity index (χ0v) is 13.1. The first-order chi connectivity index (χ1) is 12.1. The molecule has 25 heavy (non-hydrogen) atoms. The second-order valence-corrected chi connectivity index (χ2v) is 5.35. The van der Waals surface area contributed by atoms with Gasteiger partial charge in [0.15, 0.2) is 0 Å². The molecule has 1 aromatic heterocycles. The SMILES string of the molecule is O=C(Nc1ccc(F)c([N+](=O)[O-])c1)c1cccnc1N1CCOCC1. The number of benzene rings is 1. The molecule has 0 atom stereocenters. The van der Waals surface area contributed by atoms with E-state index in [0.29, 0.717) is 37.7 Å². The number of anilines is 2. The van der Waals surface area contributed by atoms with Gasteiger partial charge in [-0.2, -0.15) is 4.39 Å². The number of carbonyl (C=O) groups is 1. The number of amides is 1. The Morgan fingerprint density at radius 2 is 2.08 bits per heavy atom. The van der Waals surface area contributed by atoms with E-state index in [1.54, 1.807) is 18.3 Å². The molecule has 1 fully saturated rings. The van der Waals surface area contributed by atoms with Crippen molar-refractivity contribution in [2.45, 2.75) is 0 Å². The third-order valence-electron chi connectivity index (χ3n) is 3.74. The zero-order valence-electron chi connectivity index (χ0n) is 13.1. The third-order valence-corrected chi connectivity index (χ3v) is 3.74. The Labute approximate surface area is 142 Å². The zero-order chi connectivity index (χ0) is 17.8. The molecule has 1 N–H and O–H groups in total. The summed E-state index contributed by atoms with van der Waals surface area (Å²) in [6.07, 6.45) is 1.59. The van der Waals surface area contributed by atoms with Crippen LogP contribution in [-0.2, 0) is 4.74 Å². The number of nitro groups is 1. The van der Waals surface area contributed by atoms with Gasteiger partial charge in [-0.3, -0.25) is 14.9 Å². The summed E-state index contributed by atoms with van der Waals surface area (Å²) in [5.74, 6) is -0.922. The molecule has 130 valence electrons. The van der Waals surface area contributed by atoms with E-state index in [-0.39, 0.29) is 5.69 Å². The highest BCUT2D eigenvalue weighted by molar-refractivity contribution is 6.07. The van der Waals surface area contributed by atoms with Gasteiger partial charge in [0.05, 0.1) is 23.7 Å². The normalized spacial score (nSPS) is 14.2. The number of nitrogens with zero attached hydrogens (tertiary/aromatic N) is 3. The number of halogens is 1. The summed E-state index contributed by atoms with van der Waals surface area (Å²) in [4.78, 5) is 28.7. The molecule has 0 radical (unpaired) electrons. The summed E-state index contributed by atoms with van der Waals surface area (Å²) in [5.41, 5.74) is -0.233. The standard InChI is InChI=1S/C16H15FN4O4/c17-13-4-3-11(10-14(13)21(23)24)19-16(22)12-2-1-5-18-15(12)20-6-8-25-9-7-20/h1-5,10H,6-9H2,(H,19,22). The Hall–Kier alpha value is -3.07. The molecule has 1 saturated heterocycles. The van der Waals surface area contributed by atoms with Crippen LogP contribution >= 0.6 is 0 Å². The fourth-order valence-electron chi connectivity index (χ4n) is 2.53. The van der Waals surface area contributed by atoms with Crippen LogP contribution in [0, 0.1) is 15.9 Å². The van der Waals surface area contributed by atoms with E-state index in [1.165, 1.54) is 6.07 Å². The summed E-state index contributed by atoms with van der Waals surface area (Å²) >= 11 is 0. The van der Waals surface area contributed by atoms with Gasteiger partial charge in [-0.1, -0.05) is 0 Å². The Kier molecular flexibility index (Phi) is 4.85. The number of pyridine rings is 1. The van der Waals surface area contributed by atoms with Crippen molar-refractivity contribution in [1.29, 1.82) is 0 Å². The molecule has 0 aliphatic carbocycles. The molecular weight excluding hydrogens is 331 g/mol. The van der Waals surface area contributed by atoms with Crippen molar-refractivity contribution < 1.29 is 18.8 Å². The lowest BCUT2D eigenvalue weighted by Crippen LogP contribution is -2.38. The summed E-state index contributed by atoms with van der Waals surface area (Å²) < 4.78 is 18.7. The van der Waals surface area contributed by atoms with E-state index in [1.807, 2.05) is 4.90 Å². The van der Waals surface area contributed by atoms with Crippen LogP contribution in [0.15, 0.2) is 36.5 Å². The first-order valence-corrected chi connectivity index (χ1v) is 7.59. The van der Waals surface area contributed by atoms with Crippen LogP contribution in [0.4, 0.5) is 21.6 Å².